The molecular formula is C56H30BN3. The average molecular weight is 756 g/mol. The van der Waals surface area contributed by atoms with Crippen LogP contribution in [0, 0.1) is 0 Å². The van der Waals surface area contributed by atoms with Gasteiger partial charge >= 0.3 is 0 Å². The molecule has 13 aromatic rings. The van der Waals surface area contributed by atoms with Gasteiger partial charge in [-0.2, -0.15) is 0 Å². The summed E-state index contributed by atoms with van der Waals surface area (Å²) >= 11 is 0. The van der Waals surface area contributed by atoms with E-state index in [4.69, 9.17) is 0 Å². The SMILES string of the molecule is c1ccc2c(c1)-c1cccc3cc4c5c(c13)c1c-2cccc1n5-c1cc(-n2c3ccccc3c3ccccc32)cc2c1B4c1cccc3c4c5ccccc5ccc4n-2c13. The van der Waals surface area contributed by atoms with Crippen LogP contribution in [0.5, 0.6) is 0 Å². The highest BCUT2D eigenvalue weighted by Gasteiger charge is 2.42. The van der Waals surface area contributed by atoms with Gasteiger partial charge in [0.2, 0.25) is 0 Å². The van der Waals surface area contributed by atoms with Gasteiger partial charge in [-0.3, -0.25) is 0 Å². The van der Waals surface area contributed by atoms with Crippen LogP contribution in [0.1, 0.15) is 0 Å². The smallest absolute Gasteiger partial charge is 0.252 e. The Hall–Kier alpha value is -7.82. The molecule has 0 bridgehead atoms. The fourth-order valence-electron chi connectivity index (χ4n) is 12.4. The number of aromatic nitrogens is 3. The van der Waals surface area contributed by atoms with Crippen LogP contribution in [0.25, 0.3) is 126 Å². The third-order valence-electron chi connectivity index (χ3n) is 14.5. The zero-order chi connectivity index (χ0) is 38.5. The first-order chi connectivity index (χ1) is 29.8. The van der Waals surface area contributed by atoms with Crippen molar-refractivity contribution >= 4 is 110 Å². The lowest BCUT2D eigenvalue weighted by molar-refractivity contribution is 1.10. The fraction of sp³-hybridized carbons (Fsp3) is 0. The van der Waals surface area contributed by atoms with Gasteiger partial charge in [-0.1, -0.05) is 146 Å². The fourth-order valence-corrected chi connectivity index (χ4v) is 12.4. The maximum absolute atomic E-state index is 2.66. The zero-order valence-corrected chi connectivity index (χ0v) is 32.2. The van der Waals surface area contributed by atoms with Crippen molar-refractivity contribution in [1.82, 2.24) is 13.7 Å². The van der Waals surface area contributed by atoms with Gasteiger partial charge in [0.25, 0.3) is 6.71 Å². The summed E-state index contributed by atoms with van der Waals surface area (Å²) in [6.45, 7) is 0.0351. The van der Waals surface area contributed by atoms with Crippen LogP contribution in [0.15, 0.2) is 182 Å². The lowest BCUT2D eigenvalue weighted by atomic mass is 9.34. The molecule has 0 unspecified atom stereocenters. The number of hydrogen-bond donors (Lipinski definition) is 0. The molecule has 0 N–H and O–H groups in total. The summed E-state index contributed by atoms with van der Waals surface area (Å²) in [7, 11) is 0. The minimum Gasteiger partial charge on any atom is -0.310 e. The Kier molecular flexibility index (Phi) is 5.17. The van der Waals surface area contributed by atoms with E-state index in [9.17, 15) is 0 Å². The van der Waals surface area contributed by atoms with E-state index in [0.717, 1.165) is 0 Å². The van der Waals surface area contributed by atoms with E-state index in [1.165, 1.54) is 143 Å². The Morgan fingerprint density at radius 2 is 0.883 bits per heavy atom. The third kappa shape index (κ3) is 3.32. The van der Waals surface area contributed by atoms with Gasteiger partial charge < -0.3 is 13.7 Å². The summed E-state index contributed by atoms with van der Waals surface area (Å²) in [5.74, 6) is 0. The summed E-state index contributed by atoms with van der Waals surface area (Å²) in [4.78, 5) is 0. The highest BCUT2D eigenvalue weighted by Crippen LogP contribution is 2.51. The second kappa shape index (κ2) is 10.2. The first-order valence-corrected chi connectivity index (χ1v) is 21.1. The van der Waals surface area contributed by atoms with Crippen molar-refractivity contribution < 1.29 is 0 Å². The molecule has 60 heavy (non-hydrogen) atoms. The van der Waals surface area contributed by atoms with E-state index in [0.29, 0.717) is 0 Å². The number of benzene rings is 10. The molecule has 4 heteroatoms. The summed E-state index contributed by atoms with van der Waals surface area (Å²) in [6.07, 6.45) is 0. The van der Waals surface area contributed by atoms with Crippen molar-refractivity contribution in [1.29, 1.82) is 0 Å². The molecule has 0 spiro atoms. The highest BCUT2D eigenvalue weighted by molar-refractivity contribution is 7.00. The van der Waals surface area contributed by atoms with Crippen LogP contribution >= 0.6 is 0 Å². The molecule has 10 aromatic carbocycles. The zero-order valence-electron chi connectivity index (χ0n) is 32.2. The number of hydrogen-bond acceptors (Lipinski definition) is 0. The number of fused-ring (bicyclic) bond motifs is 16. The molecule has 2 aliphatic heterocycles. The average Bonchev–Trinajstić information content (AvgIpc) is 3.93. The molecule has 272 valence electrons. The molecule has 0 saturated heterocycles. The van der Waals surface area contributed by atoms with Crippen LogP contribution in [-0.4, -0.2) is 20.4 Å². The Morgan fingerprint density at radius 3 is 1.67 bits per heavy atom. The number of rotatable bonds is 1. The van der Waals surface area contributed by atoms with Crippen LogP contribution in [-0.2, 0) is 0 Å². The summed E-state index contributed by atoms with van der Waals surface area (Å²) in [6, 6.07) is 69.1. The first-order valence-electron chi connectivity index (χ1n) is 21.1. The maximum atomic E-state index is 2.66. The molecule has 16 rings (SSSR count). The molecule has 1 aliphatic carbocycles. The largest absolute Gasteiger partial charge is 0.310 e. The predicted molar refractivity (Wildman–Crippen MR) is 254 cm³/mol. The van der Waals surface area contributed by atoms with Crippen molar-refractivity contribution in [2.75, 3.05) is 0 Å². The van der Waals surface area contributed by atoms with Crippen LogP contribution in [0.3, 0.4) is 0 Å². The maximum Gasteiger partial charge on any atom is 0.252 e. The number of nitrogens with zero attached hydrogens (tertiary/aromatic N) is 3. The van der Waals surface area contributed by atoms with E-state index in [-0.39, 0.29) is 6.71 Å². The minimum absolute atomic E-state index is 0.0351. The molecule has 3 aliphatic rings. The van der Waals surface area contributed by atoms with Crippen molar-refractivity contribution in [3.05, 3.63) is 182 Å². The standard InChI is InChI=1S/C56H30BN3/c1-2-14-34-31(12-1)26-27-47-51(34)41-21-10-22-42-55(41)59(47)48-29-33(58-44-23-7-5-17-37(44)38-18-6-8-24-45(38)58)30-49-54(48)57(42)43-28-32-13-9-19-39-35-15-3-4-16-36(35)40-20-11-25-46-52(40)53(50(32)39)56(43)60(46)49/h1-30H. The third-order valence-corrected chi connectivity index (χ3v) is 14.5. The van der Waals surface area contributed by atoms with Gasteiger partial charge in [0.05, 0.1) is 33.3 Å². The van der Waals surface area contributed by atoms with Crippen LogP contribution < -0.4 is 16.4 Å². The molecular weight excluding hydrogens is 725 g/mol. The number of para-hydroxylation sites is 3. The van der Waals surface area contributed by atoms with Crippen molar-refractivity contribution in [3.8, 4) is 39.3 Å². The van der Waals surface area contributed by atoms with Gasteiger partial charge in [-0.25, -0.2) is 0 Å². The second-order valence-electron chi connectivity index (χ2n) is 17.1. The topological polar surface area (TPSA) is 14.8 Å². The van der Waals surface area contributed by atoms with Crippen molar-refractivity contribution in [2.45, 2.75) is 0 Å². The summed E-state index contributed by atoms with van der Waals surface area (Å²) in [5.41, 5.74) is 20.6. The molecule has 3 nitrogen and oxygen atoms in total. The Bertz CT molecular complexity index is 4140. The van der Waals surface area contributed by atoms with Crippen LogP contribution in [0.2, 0.25) is 0 Å². The Morgan fingerprint density at radius 1 is 0.317 bits per heavy atom. The van der Waals surface area contributed by atoms with E-state index in [1.54, 1.807) is 0 Å². The predicted octanol–water partition coefficient (Wildman–Crippen LogP) is 12.1. The normalized spacial score (nSPS) is 13.3. The summed E-state index contributed by atoms with van der Waals surface area (Å²) in [5, 5.41) is 13.1. The van der Waals surface area contributed by atoms with Gasteiger partial charge in [-0.15, -0.1) is 0 Å². The Labute approximate surface area is 343 Å². The quantitative estimate of drug-likeness (QED) is 0.148. The second-order valence-corrected chi connectivity index (χ2v) is 17.1. The lowest BCUT2D eigenvalue weighted by Gasteiger charge is -2.34. The molecule has 0 radical (unpaired) electrons. The van der Waals surface area contributed by atoms with Crippen molar-refractivity contribution in [2.24, 2.45) is 0 Å². The van der Waals surface area contributed by atoms with Gasteiger partial charge in [0.1, 0.15) is 0 Å². The van der Waals surface area contributed by atoms with Gasteiger partial charge in [-0.05, 0) is 96.6 Å². The molecule has 3 aromatic heterocycles. The molecule has 5 heterocycles. The summed E-state index contributed by atoms with van der Waals surface area (Å²) < 4.78 is 7.79. The minimum atomic E-state index is 0.0351. The van der Waals surface area contributed by atoms with Crippen molar-refractivity contribution in [3.63, 3.8) is 0 Å². The highest BCUT2D eigenvalue weighted by atomic mass is 15.1. The monoisotopic (exact) mass is 755 g/mol. The molecule has 0 saturated carbocycles. The molecule has 0 fully saturated rings. The van der Waals surface area contributed by atoms with E-state index in [2.05, 4.69) is 196 Å². The lowest BCUT2D eigenvalue weighted by Crippen LogP contribution is -2.59. The molecule has 0 atom stereocenters. The van der Waals surface area contributed by atoms with Gasteiger partial charge in [0, 0.05) is 49.2 Å². The van der Waals surface area contributed by atoms with Crippen LogP contribution in [0.4, 0.5) is 0 Å². The van der Waals surface area contributed by atoms with E-state index < -0.39 is 0 Å². The molecule has 0 amide bonds. The van der Waals surface area contributed by atoms with E-state index >= 15 is 0 Å². The first kappa shape index (κ1) is 30.3. The van der Waals surface area contributed by atoms with E-state index in [1.807, 2.05) is 0 Å². The van der Waals surface area contributed by atoms with Gasteiger partial charge in [0.15, 0.2) is 0 Å². The Balaban J connectivity index is 1.17.